The molecular formula is C13H12ClN2O3S-. The molecule has 7 heteroatoms. The van der Waals surface area contributed by atoms with Gasteiger partial charge in [-0.1, -0.05) is 11.6 Å². The lowest BCUT2D eigenvalue weighted by molar-refractivity contribution is -0.309. The number of carboxylic acid groups (broad SMARTS) is 1. The summed E-state index contributed by atoms with van der Waals surface area (Å²) in [5.74, 6) is -0.855. The predicted molar refractivity (Wildman–Crippen MR) is 73.7 cm³/mol. The van der Waals surface area contributed by atoms with E-state index in [1.54, 1.807) is 11.3 Å². The Hall–Kier alpha value is -1.24. The Bertz CT molecular complexity index is 671. The number of thiophene rings is 1. The molecule has 3 rings (SSSR count). The minimum atomic E-state index is -1.26. The van der Waals surface area contributed by atoms with E-state index in [4.69, 9.17) is 16.3 Å². The Morgan fingerprint density at radius 3 is 2.95 bits per heavy atom. The van der Waals surface area contributed by atoms with Crippen molar-refractivity contribution in [2.75, 3.05) is 6.61 Å². The molecule has 0 saturated carbocycles. The molecule has 0 N–H and O–H groups in total. The van der Waals surface area contributed by atoms with Gasteiger partial charge in [0, 0.05) is 4.88 Å². The number of carbonyl (C=O) groups excluding carboxylic acids is 1. The van der Waals surface area contributed by atoms with Crippen molar-refractivity contribution in [3.05, 3.63) is 21.4 Å². The summed E-state index contributed by atoms with van der Waals surface area (Å²) in [6.45, 7) is -0.452. The molecule has 2 heterocycles. The van der Waals surface area contributed by atoms with Crippen LogP contribution < -0.4 is 5.11 Å². The SMILES string of the molecule is O=C([O-])COCc1nc(Cl)c2c3c(sc2n1)CCCC3. The maximum absolute atomic E-state index is 10.3. The van der Waals surface area contributed by atoms with Gasteiger partial charge in [-0.05, 0) is 31.2 Å². The molecule has 2 aromatic heterocycles. The van der Waals surface area contributed by atoms with Crippen molar-refractivity contribution in [1.82, 2.24) is 9.97 Å². The minimum absolute atomic E-state index is 0.0200. The molecule has 2 aromatic rings. The number of carbonyl (C=O) groups is 1. The van der Waals surface area contributed by atoms with Crippen LogP contribution in [-0.2, 0) is 29.0 Å². The summed E-state index contributed by atoms with van der Waals surface area (Å²) in [5.41, 5.74) is 1.28. The van der Waals surface area contributed by atoms with Gasteiger partial charge in [-0.25, -0.2) is 9.97 Å². The van der Waals surface area contributed by atoms with E-state index in [2.05, 4.69) is 9.97 Å². The first-order valence-corrected chi connectivity index (χ1v) is 7.59. The van der Waals surface area contributed by atoms with E-state index in [1.807, 2.05) is 0 Å². The lowest BCUT2D eigenvalue weighted by Gasteiger charge is -2.10. The predicted octanol–water partition coefficient (Wildman–Crippen LogP) is 1.49. The molecule has 106 valence electrons. The van der Waals surface area contributed by atoms with E-state index in [-0.39, 0.29) is 6.61 Å². The number of aliphatic carboxylic acids is 1. The summed E-state index contributed by atoms with van der Waals surface area (Å²) in [4.78, 5) is 21.1. The van der Waals surface area contributed by atoms with Gasteiger partial charge in [-0.3, -0.25) is 0 Å². The second-order valence-electron chi connectivity index (χ2n) is 4.69. The van der Waals surface area contributed by atoms with E-state index in [0.29, 0.717) is 11.0 Å². The lowest BCUT2D eigenvalue weighted by Crippen LogP contribution is -2.27. The first kappa shape index (κ1) is 13.7. The van der Waals surface area contributed by atoms with Crippen LogP contribution in [0.15, 0.2) is 0 Å². The van der Waals surface area contributed by atoms with Crippen LogP contribution in [-0.4, -0.2) is 22.5 Å². The number of hydrogen-bond acceptors (Lipinski definition) is 6. The monoisotopic (exact) mass is 311 g/mol. The topological polar surface area (TPSA) is 75.1 Å². The fourth-order valence-electron chi connectivity index (χ4n) is 2.44. The van der Waals surface area contributed by atoms with Crippen LogP contribution in [0.2, 0.25) is 5.15 Å². The number of halogens is 1. The zero-order valence-corrected chi connectivity index (χ0v) is 12.2. The van der Waals surface area contributed by atoms with Crippen LogP contribution in [0.3, 0.4) is 0 Å². The summed E-state index contributed by atoms with van der Waals surface area (Å²) in [5, 5.41) is 11.7. The molecule has 0 amide bonds. The number of nitrogens with zero attached hydrogens (tertiary/aromatic N) is 2. The molecule has 0 spiro atoms. The summed E-state index contributed by atoms with van der Waals surface area (Å²) >= 11 is 7.90. The average molecular weight is 312 g/mol. The van der Waals surface area contributed by atoms with Gasteiger partial charge in [0.15, 0.2) is 5.82 Å². The lowest BCUT2D eigenvalue weighted by atomic mass is 9.97. The Kier molecular flexibility index (Phi) is 3.87. The van der Waals surface area contributed by atoms with E-state index in [9.17, 15) is 9.90 Å². The van der Waals surface area contributed by atoms with Crippen molar-refractivity contribution in [3.63, 3.8) is 0 Å². The van der Waals surface area contributed by atoms with Crippen molar-refractivity contribution >= 4 is 39.1 Å². The van der Waals surface area contributed by atoms with Crippen LogP contribution in [0.1, 0.15) is 29.1 Å². The van der Waals surface area contributed by atoms with Crippen LogP contribution in [0, 0.1) is 0 Å². The molecule has 0 fully saturated rings. The van der Waals surface area contributed by atoms with Crippen molar-refractivity contribution in [2.45, 2.75) is 32.3 Å². The number of rotatable bonds is 4. The number of fused-ring (bicyclic) bond motifs is 3. The van der Waals surface area contributed by atoms with Crippen molar-refractivity contribution in [1.29, 1.82) is 0 Å². The molecule has 0 atom stereocenters. The van der Waals surface area contributed by atoms with E-state index < -0.39 is 12.6 Å². The number of aryl methyl sites for hydroxylation is 2. The average Bonchev–Trinajstić information content (AvgIpc) is 2.76. The fraction of sp³-hybridized carbons (Fsp3) is 0.462. The maximum Gasteiger partial charge on any atom is 0.157 e. The quantitative estimate of drug-likeness (QED) is 0.800. The third-order valence-electron chi connectivity index (χ3n) is 3.27. The first-order chi connectivity index (χ1) is 9.65. The van der Waals surface area contributed by atoms with Crippen LogP contribution in [0.25, 0.3) is 10.2 Å². The molecule has 1 aliphatic rings. The second-order valence-corrected chi connectivity index (χ2v) is 6.13. The molecule has 0 radical (unpaired) electrons. The smallest absolute Gasteiger partial charge is 0.157 e. The third-order valence-corrected chi connectivity index (χ3v) is 4.73. The molecule has 5 nitrogen and oxygen atoms in total. The number of aromatic nitrogens is 2. The molecule has 0 aliphatic heterocycles. The highest BCUT2D eigenvalue weighted by atomic mass is 35.5. The summed E-state index contributed by atoms with van der Waals surface area (Å²) in [7, 11) is 0. The summed E-state index contributed by atoms with van der Waals surface area (Å²) in [6, 6.07) is 0. The van der Waals surface area contributed by atoms with Crippen molar-refractivity contribution in [3.8, 4) is 0 Å². The molecule has 0 saturated heterocycles. The molecule has 0 bridgehead atoms. The molecule has 0 aromatic carbocycles. The van der Waals surface area contributed by atoms with E-state index in [0.717, 1.165) is 23.1 Å². The van der Waals surface area contributed by atoms with Gasteiger partial charge in [0.05, 0.1) is 18.0 Å². The Morgan fingerprint density at radius 2 is 2.15 bits per heavy atom. The minimum Gasteiger partial charge on any atom is -0.548 e. The van der Waals surface area contributed by atoms with Gasteiger partial charge in [0.1, 0.15) is 16.6 Å². The standard InChI is InChI=1S/C13H13ClN2O3S/c14-12-11-7-3-1-2-4-8(7)20-13(11)16-9(15-12)5-19-6-10(17)18/h1-6H2,(H,17,18)/p-1. The highest BCUT2D eigenvalue weighted by molar-refractivity contribution is 7.19. The Morgan fingerprint density at radius 1 is 1.35 bits per heavy atom. The number of hydrogen-bond donors (Lipinski definition) is 0. The zero-order valence-electron chi connectivity index (χ0n) is 10.6. The van der Waals surface area contributed by atoms with Crippen molar-refractivity contribution < 1.29 is 14.6 Å². The fourth-order valence-corrected chi connectivity index (χ4v) is 4.08. The maximum atomic E-state index is 10.3. The van der Waals surface area contributed by atoms with E-state index >= 15 is 0 Å². The first-order valence-electron chi connectivity index (χ1n) is 6.39. The molecule has 20 heavy (non-hydrogen) atoms. The van der Waals surface area contributed by atoms with E-state index in [1.165, 1.54) is 23.3 Å². The van der Waals surface area contributed by atoms with Crippen molar-refractivity contribution in [2.24, 2.45) is 0 Å². The molecule has 1 aliphatic carbocycles. The second kappa shape index (κ2) is 5.63. The normalized spacial score (nSPS) is 14.4. The largest absolute Gasteiger partial charge is 0.548 e. The molecule has 0 unspecified atom stereocenters. The Labute approximate surface area is 124 Å². The Balaban J connectivity index is 1.91. The van der Waals surface area contributed by atoms with Crippen LogP contribution in [0.4, 0.5) is 0 Å². The van der Waals surface area contributed by atoms with Crippen LogP contribution >= 0.6 is 22.9 Å². The molecular weight excluding hydrogens is 300 g/mol. The number of carboxylic acids is 1. The van der Waals surface area contributed by atoms with Gasteiger partial charge in [-0.2, -0.15) is 0 Å². The summed E-state index contributed by atoms with van der Waals surface area (Å²) in [6.07, 6.45) is 4.47. The van der Waals surface area contributed by atoms with Gasteiger partial charge in [0.25, 0.3) is 0 Å². The van der Waals surface area contributed by atoms with Crippen LogP contribution in [0.5, 0.6) is 0 Å². The van der Waals surface area contributed by atoms with Gasteiger partial charge in [0.2, 0.25) is 0 Å². The summed E-state index contributed by atoms with van der Waals surface area (Å²) < 4.78 is 4.95. The number of ether oxygens (including phenoxy) is 1. The highest BCUT2D eigenvalue weighted by Crippen LogP contribution is 2.38. The third kappa shape index (κ3) is 2.63. The highest BCUT2D eigenvalue weighted by Gasteiger charge is 2.20. The van der Waals surface area contributed by atoms with Gasteiger partial charge >= 0.3 is 0 Å². The van der Waals surface area contributed by atoms with Gasteiger partial charge in [-0.15, -0.1) is 11.3 Å². The van der Waals surface area contributed by atoms with Gasteiger partial charge < -0.3 is 14.6 Å². The zero-order chi connectivity index (χ0) is 14.1.